The second-order valence-electron chi connectivity index (χ2n) is 6.43. The lowest BCUT2D eigenvalue weighted by atomic mass is 10.1. The van der Waals surface area contributed by atoms with E-state index in [0.717, 1.165) is 6.33 Å². The Hall–Kier alpha value is -2.91. The van der Waals surface area contributed by atoms with Crippen molar-refractivity contribution in [3.8, 4) is 0 Å². The topological polar surface area (TPSA) is 212 Å². The van der Waals surface area contributed by atoms with Crippen LogP contribution in [0.15, 0.2) is 12.7 Å². The highest BCUT2D eigenvalue weighted by molar-refractivity contribution is 5.97. The number of hydrogen-bond donors (Lipinski definition) is 7. The molecular weight excluding hydrogens is 392 g/mol. The molecule has 0 aliphatic carbocycles. The Morgan fingerprint density at radius 3 is 2.59 bits per heavy atom. The average molecular weight is 412 g/mol. The number of nitrogens with zero attached hydrogens (tertiary/aromatic N) is 4. The van der Waals surface area contributed by atoms with Gasteiger partial charge in [-0.15, -0.1) is 0 Å². The van der Waals surface area contributed by atoms with Gasteiger partial charge >= 0.3 is 12.0 Å². The number of fused-ring (bicyclic) bond motifs is 1. The fourth-order valence-corrected chi connectivity index (χ4v) is 2.91. The van der Waals surface area contributed by atoms with Crippen LogP contribution in [0.2, 0.25) is 0 Å². The minimum Gasteiger partial charge on any atom is -0.480 e. The van der Waals surface area contributed by atoms with E-state index in [0.29, 0.717) is 0 Å². The fourth-order valence-electron chi connectivity index (χ4n) is 2.91. The molecule has 158 valence electrons. The van der Waals surface area contributed by atoms with Gasteiger partial charge in [0.05, 0.1) is 19.0 Å². The van der Waals surface area contributed by atoms with Crippen LogP contribution in [-0.4, -0.2) is 94.1 Å². The number of ether oxygens (including phenoxy) is 1. The van der Waals surface area contributed by atoms with E-state index in [4.69, 9.17) is 9.84 Å². The Balaban J connectivity index is 1.83. The zero-order valence-electron chi connectivity index (χ0n) is 15.1. The highest BCUT2D eigenvalue weighted by Gasteiger charge is 2.44. The second kappa shape index (κ2) is 8.22. The minimum absolute atomic E-state index is 0.0623. The first kappa shape index (κ1) is 20.8. The summed E-state index contributed by atoms with van der Waals surface area (Å²) >= 11 is 0. The number of aliphatic hydroxyl groups excluding tert-OH is 4. The van der Waals surface area contributed by atoms with Crippen molar-refractivity contribution in [1.29, 1.82) is 0 Å². The number of aliphatic carboxylic acids is 1. The molecule has 2 aromatic heterocycles. The Bertz CT molecular complexity index is 904. The number of carboxylic acids is 1. The van der Waals surface area contributed by atoms with Crippen LogP contribution in [0.5, 0.6) is 0 Å². The minimum atomic E-state index is -1.54. The summed E-state index contributed by atoms with van der Waals surface area (Å²) in [5.41, 5.74) is 0.250. The molecule has 0 saturated carbocycles. The number of carbonyl (C=O) groups is 2. The van der Waals surface area contributed by atoms with Gasteiger partial charge in [0, 0.05) is 0 Å². The fraction of sp³-hybridized carbons (Fsp3) is 0.533. The second-order valence-corrected chi connectivity index (χ2v) is 6.43. The standard InChI is InChI=1S/C15H20N6O8/c1-5(23)7(14(26)27)19-15(28)20-11-8-12(17-3-16-11)21(4-18-8)13-10(25)9(24)6(2-22)29-13/h3-7,9-10,13,22-25H,2H2,1H3,(H,26,27)(H2,16,17,19,20,28)/t5-,6-,7+,9-,10-,13+/m1/s1. The predicted molar refractivity (Wildman–Crippen MR) is 93.6 cm³/mol. The Labute approximate surface area is 162 Å². The smallest absolute Gasteiger partial charge is 0.328 e. The quantitative estimate of drug-likeness (QED) is 0.261. The molecule has 14 nitrogen and oxygen atoms in total. The number of carbonyl (C=O) groups excluding carboxylic acids is 1. The molecule has 1 aliphatic heterocycles. The lowest BCUT2D eigenvalue weighted by Gasteiger charge is -2.17. The Morgan fingerprint density at radius 1 is 1.28 bits per heavy atom. The van der Waals surface area contributed by atoms with Crippen molar-refractivity contribution in [3.63, 3.8) is 0 Å². The monoisotopic (exact) mass is 412 g/mol. The van der Waals surface area contributed by atoms with E-state index in [1.54, 1.807) is 0 Å². The number of amides is 2. The van der Waals surface area contributed by atoms with Gasteiger partial charge in [-0.25, -0.2) is 24.5 Å². The maximum atomic E-state index is 12.1. The number of nitrogens with one attached hydrogen (secondary N) is 2. The van der Waals surface area contributed by atoms with Crippen molar-refractivity contribution in [2.45, 2.75) is 43.6 Å². The zero-order valence-corrected chi connectivity index (χ0v) is 15.1. The molecule has 3 heterocycles. The normalized spacial score (nSPS) is 26.2. The highest BCUT2D eigenvalue weighted by Crippen LogP contribution is 2.32. The zero-order chi connectivity index (χ0) is 21.3. The molecule has 2 aromatic rings. The molecule has 1 aliphatic rings. The number of carboxylic acid groups (broad SMARTS) is 1. The van der Waals surface area contributed by atoms with Crippen molar-refractivity contribution in [1.82, 2.24) is 24.8 Å². The van der Waals surface area contributed by atoms with E-state index < -0.39 is 55.3 Å². The molecule has 1 fully saturated rings. The van der Waals surface area contributed by atoms with Crippen LogP contribution in [0.25, 0.3) is 11.2 Å². The Morgan fingerprint density at radius 2 is 2.00 bits per heavy atom. The Kier molecular flexibility index (Phi) is 5.90. The predicted octanol–water partition coefficient (Wildman–Crippen LogP) is -2.61. The number of urea groups is 1. The van der Waals surface area contributed by atoms with Crippen molar-refractivity contribution in [3.05, 3.63) is 12.7 Å². The molecule has 1 saturated heterocycles. The van der Waals surface area contributed by atoms with E-state index in [1.807, 2.05) is 0 Å². The summed E-state index contributed by atoms with van der Waals surface area (Å²) in [6.07, 6.45) is -3.75. The average Bonchev–Trinajstić information content (AvgIpc) is 3.21. The van der Waals surface area contributed by atoms with Crippen LogP contribution in [0.4, 0.5) is 10.6 Å². The maximum absolute atomic E-state index is 12.1. The molecule has 2 amide bonds. The van der Waals surface area contributed by atoms with Gasteiger partial charge in [-0.3, -0.25) is 9.88 Å². The molecule has 0 aromatic carbocycles. The first-order valence-corrected chi connectivity index (χ1v) is 8.53. The van der Waals surface area contributed by atoms with Gasteiger partial charge in [0.25, 0.3) is 0 Å². The summed E-state index contributed by atoms with van der Waals surface area (Å²) in [7, 11) is 0. The van der Waals surface area contributed by atoms with Crippen molar-refractivity contribution >= 4 is 29.0 Å². The largest absolute Gasteiger partial charge is 0.480 e. The van der Waals surface area contributed by atoms with Crippen LogP contribution in [-0.2, 0) is 9.53 Å². The molecule has 7 N–H and O–H groups in total. The van der Waals surface area contributed by atoms with Gasteiger partial charge in [0.2, 0.25) is 0 Å². The van der Waals surface area contributed by atoms with Gasteiger partial charge in [0.1, 0.15) is 24.6 Å². The molecular formula is C15H20N6O8. The van der Waals surface area contributed by atoms with E-state index in [1.165, 1.54) is 17.8 Å². The summed E-state index contributed by atoms with van der Waals surface area (Å²) in [5.74, 6) is -1.48. The number of imidazole rings is 1. The summed E-state index contributed by atoms with van der Waals surface area (Å²) in [4.78, 5) is 35.2. The van der Waals surface area contributed by atoms with E-state index >= 15 is 0 Å². The van der Waals surface area contributed by atoms with Gasteiger partial charge in [-0.2, -0.15) is 0 Å². The van der Waals surface area contributed by atoms with Gasteiger partial charge < -0.3 is 35.6 Å². The molecule has 0 radical (unpaired) electrons. The number of anilines is 1. The number of aliphatic hydroxyl groups is 4. The van der Waals surface area contributed by atoms with Crippen molar-refractivity contribution in [2.24, 2.45) is 0 Å². The number of rotatable bonds is 6. The van der Waals surface area contributed by atoms with Gasteiger partial charge in [-0.05, 0) is 6.92 Å². The van der Waals surface area contributed by atoms with E-state index in [2.05, 4.69) is 25.6 Å². The third kappa shape index (κ3) is 3.96. The third-order valence-electron chi connectivity index (χ3n) is 4.42. The lowest BCUT2D eigenvalue weighted by Crippen LogP contribution is -2.49. The summed E-state index contributed by atoms with van der Waals surface area (Å²) in [6.45, 7) is 0.710. The molecule has 14 heteroatoms. The lowest BCUT2D eigenvalue weighted by molar-refractivity contribution is -0.141. The van der Waals surface area contributed by atoms with Gasteiger partial charge in [-0.1, -0.05) is 0 Å². The summed E-state index contributed by atoms with van der Waals surface area (Å²) < 4.78 is 6.74. The molecule has 0 spiro atoms. The van der Waals surface area contributed by atoms with Crippen LogP contribution in [0, 0.1) is 0 Å². The number of aromatic nitrogens is 4. The third-order valence-corrected chi connectivity index (χ3v) is 4.42. The summed E-state index contributed by atoms with van der Waals surface area (Å²) in [6, 6.07) is -2.48. The van der Waals surface area contributed by atoms with Crippen molar-refractivity contribution < 1.29 is 39.9 Å². The van der Waals surface area contributed by atoms with Gasteiger partial charge in [0.15, 0.2) is 29.3 Å². The molecule has 6 atom stereocenters. The molecule has 0 unspecified atom stereocenters. The maximum Gasteiger partial charge on any atom is 0.328 e. The van der Waals surface area contributed by atoms with Crippen LogP contribution >= 0.6 is 0 Å². The van der Waals surface area contributed by atoms with Crippen LogP contribution in [0.1, 0.15) is 13.2 Å². The van der Waals surface area contributed by atoms with Crippen molar-refractivity contribution in [2.75, 3.05) is 11.9 Å². The first-order chi connectivity index (χ1) is 13.7. The molecule has 3 rings (SSSR count). The number of hydrogen-bond acceptors (Lipinski definition) is 10. The first-order valence-electron chi connectivity index (χ1n) is 8.53. The van der Waals surface area contributed by atoms with E-state index in [-0.39, 0.29) is 17.0 Å². The molecule has 29 heavy (non-hydrogen) atoms. The van der Waals surface area contributed by atoms with Crippen LogP contribution < -0.4 is 10.6 Å². The molecule has 0 bridgehead atoms. The summed E-state index contributed by atoms with van der Waals surface area (Å²) in [5, 5.41) is 52.2. The van der Waals surface area contributed by atoms with E-state index in [9.17, 15) is 30.0 Å². The highest BCUT2D eigenvalue weighted by atomic mass is 16.6. The SMILES string of the molecule is C[C@@H](O)[C@H](NC(=O)Nc1ncnc2c1ncn2[C@H]1O[C@H](CO)[C@@H](O)[C@H]1O)C(=O)O. The van der Waals surface area contributed by atoms with Crippen LogP contribution in [0.3, 0.4) is 0 Å².